The predicted molar refractivity (Wildman–Crippen MR) is 77.9 cm³/mol. The normalized spacial score (nSPS) is 10.1. The lowest BCUT2D eigenvalue weighted by atomic mass is 10.1. The van der Waals surface area contributed by atoms with E-state index >= 15 is 0 Å². The second-order valence-electron chi connectivity index (χ2n) is 4.08. The molecule has 2 N–H and O–H groups in total. The van der Waals surface area contributed by atoms with Crippen LogP contribution >= 0.6 is 11.6 Å². The minimum Gasteiger partial charge on any atom is -0.386 e. The third-order valence-corrected chi connectivity index (χ3v) is 3.02. The molecule has 2 aromatic rings. The van der Waals surface area contributed by atoms with Gasteiger partial charge in [0.05, 0.1) is 17.4 Å². The molecule has 0 spiro atoms. The molecular formula is C14H14ClN3O. The van der Waals surface area contributed by atoms with Crippen LogP contribution in [-0.2, 0) is 0 Å². The first kappa shape index (κ1) is 13.4. The molecule has 2 rings (SSSR count). The molecule has 1 amide bonds. The van der Waals surface area contributed by atoms with Crippen molar-refractivity contribution in [3.05, 3.63) is 52.8 Å². The number of hydrogen-bond donors (Lipinski definition) is 2. The van der Waals surface area contributed by atoms with Crippen LogP contribution in [0.5, 0.6) is 0 Å². The number of nitrogens with zero attached hydrogens (tertiary/aromatic N) is 1. The molecule has 0 aliphatic carbocycles. The number of aromatic nitrogens is 1. The molecule has 19 heavy (non-hydrogen) atoms. The van der Waals surface area contributed by atoms with E-state index in [-0.39, 0.29) is 5.91 Å². The number of pyridine rings is 1. The largest absolute Gasteiger partial charge is 0.386 e. The zero-order valence-electron chi connectivity index (χ0n) is 10.7. The van der Waals surface area contributed by atoms with Gasteiger partial charge in [0.1, 0.15) is 0 Å². The van der Waals surface area contributed by atoms with Crippen molar-refractivity contribution < 1.29 is 4.79 Å². The van der Waals surface area contributed by atoms with Gasteiger partial charge in [0, 0.05) is 24.0 Å². The average molecular weight is 276 g/mol. The van der Waals surface area contributed by atoms with E-state index in [0.29, 0.717) is 22.0 Å². The monoisotopic (exact) mass is 275 g/mol. The minimum absolute atomic E-state index is 0.197. The molecule has 0 aliphatic rings. The van der Waals surface area contributed by atoms with Gasteiger partial charge in [0.25, 0.3) is 5.91 Å². The summed E-state index contributed by atoms with van der Waals surface area (Å²) in [5.74, 6) is -0.197. The Labute approximate surface area is 116 Å². The van der Waals surface area contributed by atoms with E-state index in [0.717, 1.165) is 5.56 Å². The zero-order valence-corrected chi connectivity index (χ0v) is 11.5. The van der Waals surface area contributed by atoms with E-state index in [4.69, 9.17) is 11.6 Å². The average Bonchev–Trinajstić information content (AvgIpc) is 2.42. The summed E-state index contributed by atoms with van der Waals surface area (Å²) in [4.78, 5) is 16.2. The molecule has 1 aromatic carbocycles. The van der Waals surface area contributed by atoms with Gasteiger partial charge in [-0.1, -0.05) is 17.7 Å². The highest BCUT2D eigenvalue weighted by Gasteiger charge is 2.12. The van der Waals surface area contributed by atoms with E-state index in [1.54, 1.807) is 37.6 Å². The maximum absolute atomic E-state index is 12.2. The van der Waals surface area contributed by atoms with Crippen molar-refractivity contribution in [3.63, 3.8) is 0 Å². The highest BCUT2D eigenvalue weighted by molar-refractivity contribution is 6.31. The summed E-state index contributed by atoms with van der Waals surface area (Å²) < 4.78 is 0. The van der Waals surface area contributed by atoms with Gasteiger partial charge in [-0.3, -0.25) is 9.78 Å². The zero-order chi connectivity index (χ0) is 13.8. The Morgan fingerprint density at radius 1 is 1.26 bits per heavy atom. The Morgan fingerprint density at radius 2 is 2.05 bits per heavy atom. The van der Waals surface area contributed by atoms with Gasteiger partial charge in [-0.05, 0) is 30.7 Å². The molecule has 0 radical (unpaired) electrons. The lowest BCUT2D eigenvalue weighted by molar-refractivity contribution is 0.102. The van der Waals surface area contributed by atoms with E-state index in [2.05, 4.69) is 15.6 Å². The maximum atomic E-state index is 12.2. The van der Waals surface area contributed by atoms with Crippen molar-refractivity contribution in [3.8, 4) is 0 Å². The van der Waals surface area contributed by atoms with Gasteiger partial charge in [0.2, 0.25) is 0 Å². The Kier molecular flexibility index (Phi) is 4.02. The van der Waals surface area contributed by atoms with Crippen LogP contribution in [0.2, 0.25) is 5.02 Å². The first-order chi connectivity index (χ1) is 9.11. The van der Waals surface area contributed by atoms with E-state index in [1.165, 1.54) is 0 Å². The molecule has 0 bridgehead atoms. The molecule has 0 atom stereocenters. The molecule has 98 valence electrons. The third-order valence-electron chi connectivity index (χ3n) is 2.78. The molecule has 0 fully saturated rings. The summed E-state index contributed by atoms with van der Waals surface area (Å²) in [6.07, 6.45) is 3.19. The number of amides is 1. The quantitative estimate of drug-likeness (QED) is 0.903. The van der Waals surface area contributed by atoms with Crippen LogP contribution < -0.4 is 10.6 Å². The van der Waals surface area contributed by atoms with E-state index in [9.17, 15) is 4.79 Å². The van der Waals surface area contributed by atoms with Gasteiger partial charge in [-0.2, -0.15) is 0 Å². The smallest absolute Gasteiger partial charge is 0.257 e. The van der Waals surface area contributed by atoms with Crippen molar-refractivity contribution in [2.24, 2.45) is 0 Å². The Balaban J connectivity index is 2.28. The number of benzene rings is 1. The van der Waals surface area contributed by atoms with Gasteiger partial charge in [0.15, 0.2) is 0 Å². The molecule has 0 aliphatic heterocycles. The van der Waals surface area contributed by atoms with Gasteiger partial charge in [-0.15, -0.1) is 0 Å². The second-order valence-corrected chi connectivity index (χ2v) is 4.52. The molecule has 1 aromatic heterocycles. The van der Waals surface area contributed by atoms with Gasteiger partial charge in [-0.25, -0.2) is 0 Å². The molecule has 0 unspecified atom stereocenters. The summed E-state index contributed by atoms with van der Waals surface area (Å²) in [5, 5.41) is 6.38. The lowest BCUT2D eigenvalue weighted by Gasteiger charge is -2.11. The Bertz CT molecular complexity index is 613. The standard InChI is InChI=1S/C14H14ClN3O/c1-9-3-4-10(15)7-12(9)18-14(19)11-5-6-17-8-13(11)16-2/h3-8,16H,1-2H3,(H,18,19). The van der Waals surface area contributed by atoms with Crippen LogP contribution in [0.3, 0.4) is 0 Å². The van der Waals surface area contributed by atoms with Crippen molar-refractivity contribution in [1.82, 2.24) is 4.98 Å². The number of carbonyl (C=O) groups is 1. The lowest BCUT2D eigenvalue weighted by Crippen LogP contribution is -2.14. The van der Waals surface area contributed by atoms with Crippen LogP contribution in [0.4, 0.5) is 11.4 Å². The number of rotatable bonds is 3. The molecular weight excluding hydrogens is 262 g/mol. The third kappa shape index (κ3) is 3.03. The van der Waals surface area contributed by atoms with Crippen molar-refractivity contribution in [2.75, 3.05) is 17.7 Å². The Hall–Kier alpha value is -2.07. The van der Waals surface area contributed by atoms with Crippen LogP contribution in [0.25, 0.3) is 0 Å². The van der Waals surface area contributed by atoms with Crippen molar-refractivity contribution in [1.29, 1.82) is 0 Å². The minimum atomic E-state index is -0.197. The fraction of sp³-hybridized carbons (Fsp3) is 0.143. The number of hydrogen-bond acceptors (Lipinski definition) is 3. The number of aryl methyl sites for hydroxylation is 1. The molecule has 0 saturated carbocycles. The van der Waals surface area contributed by atoms with E-state index < -0.39 is 0 Å². The molecule has 0 saturated heterocycles. The van der Waals surface area contributed by atoms with Crippen molar-refractivity contribution in [2.45, 2.75) is 6.92 Å². The summed E-state index contributed by atoms with van der Waals surface area (Å²) in [5.41, 5.74) is 2.88. The van der Waals surface area contributed by atoms with E-state index in [1.807, 2.05) is 13.0 Å². The summed E-state index contributed by atoms with van der Waals surface area (Å²) in [6, 6.07) is 7.05. The molecule has 1 heterocycles. The molecule has 4 nitrogen and oxygen atoms in total. The summed E-state index contributed by atoms with van der Waals surface area (Å²) in [7, 11) is 1.75. The molecule has 5 heteroatoms. The fourth-order valence-corrected chi connectivity index (χ4v) is 1.88. The predicted octanol–water partition coefficient (Wildman–Crippen LogP) is 3.34. The second kappa shape index (κ2) is 5.71. The number of carbonyl (C=O) groups excluding carboxylic acids is 1. The Morgan fingerprint density at radius 3 is 2.79 bits per heavy atom. The number of halogens is 1. The summed E-state index contributed by atoms with van der Waals surface area (Å²) >= 11 is 5.93. The van der Waals surface area contributed by atoms with Gasteiger partial charge < -0.3 is 10.6 Å². The van der Waals surface area contributed by atoms with Crippen LogP contribution in [0.15, 0.2) is 36.7 Å². The highest BCUT2D eigenvalue weighted by atomic mass is 35.5. The van der Waals surface area contributed by atoms with Gasteiger partial charge >= 0.3 is 0 Å². The first-order valence-corrected chi connectivity index (χ1v) is 6.19. The first-order valence-electron chi connectivity index (χ1n) is 5.81. The van der Waals surface area contributed by atoms with Crippen molar-refractivity contribution >= 4 is 28.9 Å². The summed E-state index contributed by atoms with van der Waals surface area (Å²) in [6.45, 7) is 1.91. The maximum Gasteiger partial charge on any atom is 0.257 e. The highest BCUT2D eigenvalue weighted by Crippen LogP contribution is 2.22. The van der Waals surface area contributed by atoms with Crippen LogP contribution in [-0.4, -0.2) is 17.9 Å². The SMILES string of the molecule is CNc1cnccc1C(=O)Nc1cc(Cl)ccc1C. The van der Waals surface area contributed by atoms with Crippen LogP contribution in [0, 0.1) is 6.92 Å². The number of nitrogens with one attached hydrogen (secondary N) is 2. The fourth-order valence-electron chi connectivity index (χ4n) is 1.71. The van der Waals surface area contributed by atoms with Crippen LogP contribution in [0.1, 0.15) is 15.9 Å². The number of anilines is 2. The topological polar surface area (TPSA) is 54.0 Å².